The zero-order chi connectivity index (χ0) is 27.5. The molecule has 3 saturated carbocycles. The van der Waals surface area contributed by atoms with Gasteiger partial charge in [-0.05, 0) is 38.3 Å². The first-order chi connectivity index (χ1) is 18.9. The molecular weight excluding hydrogens is 511 g/mol. The molecule has 12 heteroatoms. The minimum absolute atomic E-state index is 0.00326. The first kappa shape index (κ1) is 26.6. The van der Waals surface area contributed by atoms with E-state index >= 15 is 4.39 Å². The molecule has 9 nitrogen and oxygen atoms in total. The van der Waals surface area contributed by atoms with Crippen LogP contribution in [-0.4, -0.2) is 46.9 Å². The lowest BCUT2D eigenvalue weighted by Crippen LogP contribution is -2.32. The molecule has 3 fully saturated rings. The quantitative estimate of drug-likeness (QED) is 0.298. The number of carbonyl (C=O) groups excluding carboxylic acids is 2. The molecular formula is C27H30F3N7O2. The second-order valence-corrected chi connectivity index (χ2v) is 10.1. The van der Waals surface area contributed by atoms with E-state index in [1.807, 2.05) is 0 Å². The van der Waals surface area contributed by atoms with Crippen LogP contribution in [0.4, 0.5) is 13.2 Å². The monoisotopic (exact) mass is 541 g/mol. The van der Waals surface area contributed by atoms with Crippen LogP contribution in [0.3, 0.4) is 0 Å². The van der Waals surface area contributed by atoms with Gasteiger partial charge in [-0.1, -0.05) is 19.3 Å². The fourth-order valence-corrected chi connectivity index (χ4v) is 4.47. The van der Waals surface area contributed by atoms with Gasteiger partial charge < -0.3 is 15.5 Å². The summed E-state index contributed by atoms with van der Waals surface area (Å²) in [5, 5.41) is 12.3. The van der Waals surface area contributed by atoms with E-state index in [1.54, 1.807) is 4.90 Å². The maximum atomic E-state index is 16.1. The van der Waals surface area contributed by atoms with Crippen LogP contribution in [0.5, 0.6) is 0 Å². The van der Waals surface area contributed by atoms with Crippen molar-refractivity contribution in [2.45, 2.75) is 57.4 Å². The van der Waals surface area contributed by atoms with Gasteiger partial charge in [-0.25, -0.2) is 18.2 Å². The van der Waals surface area contributed by atoms with Gasteiger partial charge in [0.2, 0.25) is 12.3 Å². The summed E-state index contributed by atoms with van der Waals surface area (Å²) in [6.45, 7) is 3.64. The number of benzene rings is 1. The average molecular weight is 542 g/mol. The molecule has 1 aliphatic heterocycles. The Morgan fingerprint density at radius 1 is 1.21 bits per heavy atom. The molecule has 1 unspecified atom stereocenters. The molecule has 3 N–H and O–H groups in total. The molecule has 0 radical (unpaired) electrons. The number of hydrogen-bond acceptors (Lipinski definition) is 6. The second-order valence-electron chi connectivity index (χ2n) is 10.1. The van der Waals surface area contributed by atoms with Gasteiger partial charge in [0.05, 0.1) is 35.6 Å². The minimum Gasteiger partial charge on any atom is -0.349 e. The SMILES string of the molecule is C1CC1.C=N/C(=C\N1C=C(c2c(C(F)F)c(F)c(C(NC(=O)C3CC3)C3CC3)c3[nH]ncc23)N=CC1)NC=O. The van der Waals surface area contributed by atoms with Crippen molar-refractivity contribution in [2.24, 2.45) is 21.8 Å². The fraction of sp³-hybridized carbons (Fsp3) is 0.444. The summed E-state index contributed by atoms with van der Waals surface area (Å²) >= 11 is 0. The third-order valence-electron chi connectivity index (χ3n) is 6.87. The molecule has 0 spiro atoms. The van der Waals surface area contributed by atoms with Crippen LogP contribution in [0.1, 0.15) is 74.1 Å². The maximum Gasteiger partial charge on any atom is 0.267 e. The standard InChI is InChI=1S/C24H24F3N7O2.C3H6/c1-28-16(30-11-35)10-34-7-6-29-15(9-34)17-14-8-31-33-22(14)19(20(25)18(17)23(26)27)21(12-2-3-12)32-24(36)13-4-5-13;1-2-3-1/h6,8-13,21,23H,1-5,7H2,(H,30,35)(H,31,33)(H,32,36);1-3H2/b16-10+;. The van der Waals surface area contributed by atoms with Crippen LogP contribution in [-0.2, 0) is 9.59 Å². The number of nitrogens with one attached hydrogen (secondary N) is 3. The predicted molar refractivity (Wildman–Crippen MR) is 141 cm³/mol. The molecule has 206 valence electrons. The lowest BCUT2D eigenvalue weighted by Gasteiger charge is -2.25. The van der Waals surface area contributed by atoms with Gasteiger partial charge in [0.1, 0.15) is 11.6 Å². The predicted octanol–water partition coefficient (Wildman–Crippen LogP) is 4.72. The van der Waals surface area contributed by atoms with Crippen LogP contribution in [0.2, 0.25) is 0 Å². The van der Waals surface area contributed by atoms with Crippen molar-refractivity contribution >= 4 is 41.8 Å². The van der Waals surface area contributed by atoms with Gasteiger partial charge in [-0.15, -0.1) is 0 Å². The Kier molecular flexibility index (Phi) is 7.80. The molecule has 0 bridgehead atoms. The Bertz CT molecular complexity index is 1350. The van der Waals surface area contributed by atoms with Gasteiger partial charge in [0.25, 0.3) is 6.43 Å². The molecule has 39 heavy (non-hydrogen) atoms. The third-order valence-corrected chi connectivity index (χ3v) is 6.87. The molecule has 2 amide bonds. The van der Waals surface area contributed by atoms with Crippen molar-refractivity contribution in [2.75, 3.05) is 6.54 Å². The number of fused-ring (bicyclic) bond motifs is 1. The molecule has 1 aromatic carbocycles. The van der Waals surface area contributed by atoms with E-state index < -0.39 is 23.8 Å². The number of aromatic nitrogens is 2. The van der Waals surface area contributed by atoms with E-state index in [9.17, 15) is 18.4 Å². The van der Waals surface area contributed by atoms with Crippen molar-refractivity contribution < 1.29 is 22.8 Å². The normalized spacial score (nSPS) is 19.2. The van der Waals surface area contributed by atoms with E-state index in [-0.39, 0.29) is 57.8 Å². The second kappa shape index (κ2) is 11.4. The number of alkyl halides is 2. The summed E-state index contributed by atoms with van der Waals surface area (Å²) in [5.41, 5.74) is -0.552. The van der Waals surface area contributed by atoms with E-state index in [2.05, 4.69) is 37.5 Å². The van der Waals surface area contributed by atoms with E-state index in [1.165, 1.54) is 44.1 Å². The fourth-order valence-electron chi connectivity index (χ4n) is 4.47. The number of H-pyrrole nitrogens is 1. The Morgan fingerprint density at radius 3 is 2.54 bits per heavy atom. The van der Waals surface area contributed by atoms with Gasteiger partial charge >= 0.3 is 0 Å². The summed E-state index contributed by atoms with van der Waals surface area (Å²) in [4.78, 5) is 32.8. The zero-order valence-corrected chi connectivity index (χ0v) is 21.3. The number of aromatic amines is 1. The molecule has 3 aliphatic carbocycles. The number of aliphatic imine (C=N–C) groups is 2. The number of nitrogens with zero attached hydrogens (tertiary/aromatic N) is 4. The van der Waals surface area contributed by atoms with Crippen molar-refractivity contribution in [3.05, 3.63) is 46.9 Å². The van der Waals surface area contributed by atoms with Crippen LogP contribution >= 0.6 is 0 Å². The summed E-state index contributed by atoms with van der Waals surface area (Å²) in [6.07, 6.45) is 10.6. The van der Waals surface area contributed by atoms with Gasteiger partial charge in [0, 0.05) is 41.0 Å². The van der Waals surface area contributed by atoms with Gasteiger partial charge in [-0.2, -0.15) is 5.10 Å². The lowest BCUT2D eigenvalue weighted by molar-refractivity contribution is -0.123. The zero-order valence-electron chi connectivity index (χ0n) is 21.3. The summed E-state index contributed by atoms with van der Waals surface area (Å²) in [6, 6.07) is -0.730. The van der Waals surface area contributed by atoms with Crippen LogP contribution in [0, 0.1) is 17.7 Å². The highest BCUT2D eigenvalue weighted by molar-refractivity contribution is 5.97. The Morgan fingerprint density at radius 2 is 1.95 bits per heavy atom. The van der Waals surface area contributed by atoms with Gasteiger partial charge in [0.15, 0.2) is 0 Å². The molecule has 1 aromatic heterocycles. The number of rotatable bonds is 10. The Labute approximate surface area is 223 Å². The maximum absolute atomic E-state index is 16.1. The highest BCUT2D eigenvalue weighted by atomic mass is 19.3. The van der Waals surface area contributed by atoms with E-state index in [0.717, 1.165) is 25.7 Å². The number of halogens is 3. The smallest absolute Gasteiger partial charge is 0.267 e. The highest BCUT2D eigenvalue weighted by Crippen LogP contribution is 2.48. The minimum atomic E-state index is -3.15. The van der Waals surface area contributed by atoms with Crippen molar-refractivity contribution in [1.29, 1.82) is 0 Å². The van der Waals surface area contributed by atoms with Crippen LogP contribution in [0.25, 0.3) is 16.6 Å². The number of amides is 2. The summed E-state index contributed by atoms with van der Waals surface area (Å²) in [7, 11) is 0. The van der Waals surface area contributed by atoms with Crippen molar-refractivity contribution in [3.63, 3.8) is 0 Å². The Hall–Kier alpha value is -3.96. The van der Waals surface area contributed by atoms with E-state index in [4.69, 9.17) is 0 Å². The number of hydrogen-bond donors (Lipinski definition) is 3. The molecule has 2 heterocycles. The Balaban J connectivity index is 0.000000962. The summed E-state index contributed by atoms with van der Waals surface area (Å²) in [5.74, 6) is -1.26. The third kappa shape index (κ3) is 6.04. The van der Waals surface area contributed by atoms with Crippen LogP contribution < -0.4 is 10.6 Å². The van der Waals surface area contributed by atoms with Crippen molar-refractivity contribution in [1.82, 2.24) is 25.7 Å². The average Bonchev–Trinajstić information content (AvgIpc) is 3.75. The first-order valence-electron chi connectivity index (χ1n) is 13.1. The van der Waals surface area contributed by atoms with Crippen LogP contribution in [0.15, 0.2) is 34.4 Å². The van der Waals surface area contributed by atoms with Crippen molar-refractivity contribution in [3.8, 4) is 0 Å². The summed E-state index contributed by atoms with van der Waals surface area (Å²) < 4.78 is 45.0. The molecule has 4 aliphatic rings. The molecule has 2 aromatic rings. The molecule has 6 rings (SSSR count). The lowest BCUT2D eigenvalue weighted by atomic mass is 9.91. The molecule has 0 saturated heterocycles. The number of carbonyl (C=O) groups is 2. The molecule has 1 atom stereocenters. The first-order valence-corrected chi connectivity index (χ1v) is 13.1. The topological polar surface area (TPSA) is 115 Å². The highest BCUT2D eigenvalue weighted by Gasteiger charge is 2.41. The largest absolute Gasteiger partial charge is 0.349 e. The van der Waals surface area contributed by atoms with Gasteiger partial charge in [-0.3, -0.25) is 19.7 Å². The van der Waals surface area contributed by atoms with E-state index in [0.29, 0.717) is 6.41 Å².